The summed E-state index contributed by atoms with van der Waals surface area (Å²) in [6.45, 7) is 2.08. The van der Waals surface area contributed by atoms with Crippen LogP contribution < -0.4 is 0 Å². The molecule has 0 bridgehead atoms. The summed E-state index contributed by atoms with van der Waals surface area (Å²) in [5, 5.41) is 12.2. The molecule has 0 amide bonds. The first kappa shape index (κ1) is 9.19. The van der Waals surface area contributed by atoms with Crippen LogP contribution in [0.15, 0.2) is 17.3 Å². The Balaban J connectivity index is 2.49. The quantitative estimate of drug-likeness (QED) is 0.544. The molecule has 1 heterocycles. The number of aryl methyl sites for hydroxylation is 2. The Bertz CT molecular complexity index is 372. The Kier molecular flexibility index (Phi) is 2.48. The van der Waals surface area contributed by atoms with Crippen LogP contribution in [0, 0.1) is 0 Å². The maximum absolute atomic E-state index is 8.85. The van der Waals surface area contributed by atoms with Gasteiger partial charge in [-0.3, -0.25) is 4.98 Å². The topological polar surface area (TPSA) is 45.5 Å². The summed E-state index contributed by atoms with van der Waals surface area (Å²) in [6, 6.07) is 4.16. The fraction of sp³-hybridized carbons (Fsp3) is 0.455. The molecule has 1 aliphatic rings. The van der Waals surface area contributed by atoms with E-state index in [2.05, 4.69) is 29.2 Å². The van der Waals surface area contributed by atoms with Crippen LogP contribution >= 0.6 is 0 Å². The highest BCUT2D eigenvalue weighted by molar-refractivity contribution is 6.00. The van der Waals surface area contributed by atoms with Crippen molar-refractivity contribution >= 4 is 5.71 Å². The number of hydrogen-bond donors (Lipinski definition) is 1. The predicted molar refractivity (Wildman–Crippen MR) is 54.9 cm³/mol. The Morgan fingerprint density at radius 3 is 3.00 bits per heavy atom. The maximum atomic E-state index is 8.85. The van der Waals surface area contributed by atoms with Gasteiger partial charge < -0.3 is 5.21 Å². The van der Waals surface area contributed by atoms with Crippen LogP contribution in [-0.4, -0.2) is 15.9 Å². The molecule has 0 aliphatic heterocycles. The van der Waals surface area contributed by atoms with E-state index >= 15 is 0 Å². The lowest BCUT2D eigenvalue weighted by molar-refractivity contribution is 0.317. The molecule has 14 heavy (non-hydrogen) atoms. The third-order valence-corrected chi connectivity index (χ3v) is 2.65. The monoisotopic (exact) mass is 190 g/mol. The smallest absolute Gasteiger partial charge is 0.105 e. The lowest BCUT2D eigenvalue weighted by Gasteiger charge is -2.16. The van der Waals surface area contributed by atoms with Gasteiger partial charge in [-0.05, 0) is 37.3 Å². The molecule has 1 N–H and O–H groups in total. The number of aromatic nitrogens is 1. The van der Waals surface area contributed by atoms with E-state index in [0.717, 1.165) is 42.8 Å². The molecule has 0 saturated heterocycles. The molecule has 3 nitrogen and oxygen atoms in total. The van der Waals surface area contributed by atoms with E-state index in [9.17, 15) is 0 Å². The molecule has 0 unspecified atom stereocenters. The molecule has 0 radical (unpaired) electrons. The van der Waals surface area contributed by atoms with Crippen LogP contribution in [-0.2, 0) is 12.8 Å². The molecule has 1 aromatic heterocycles. The average molecular weight is 190 g/mol. The van der Waals surface area contributed by atoms with Gasteiger partial charge in [-0.1, -0.05) is 18.1 Å². The van der Waals surface area contributed by atoms with E-state index in [1.54, 1.807) is 0 Å². The molecule has 2 rings (SSSR count). The molecule has 0 saturated carbocycles. The van der Waals surface area contributed by atoms with E-state index in [4.69, 9.17) is 5.21 Å². The Morgan fingerprint density at radius 1 is 1.43 bits per heavy atom. The van der Waals surface area contributed by atoms with Gasteiger partial charge in [0.2, 0.25) is 0 Å². The fourth-order valence-electron chi connectivity index (χ4n) is 1.84. The molecule has 0 spiro atoms. The van der Waals surface area contributed by atoms with Gasteiger partial charge in [0.1, 0.15) is 5.71 Å². The Morgan fingerprint density at radius 2 is 2.29 bits per heavy atom. The van der Waals surface area contributed by atoms with E-state index in [1.165, 1.54) is 5.56 Å². The summed E-state index contributed by atoms with van der Waals surface area (Å²) in [5.41, 5.74) is 3.91. The molecule has 3 heteroatoms. The van der Waals surface area contributed by atoms with Gasteiger partial charge in [0.05, 0.1) is 5.69 Å². The molecule has 0 aromatic carbocycles. The molecule has 74 valence electrons. The van der Waals surface area contributed by atoms with Gasteiger partial charge in [0, 0.05) is 5.69 Å². The first-order chi connectivity index (χ1) is 6.85. The van der Waals surface area contributed by atoms with Crippen molar-refractivity contribution in [3.8, 4) is 0 Å². The van der Waals surface area contributed by atoms with Crippen molar-refractivity contribution in [3.05, 3.63) is 29.1 Å². The van der Waals surface area contributed by atoms with Crippen molar-refractivity contribution in [1.29, 1.82) is 0 Å². The predicted octanol–water partition coefficient (Wildman–Crippen LogP) is 2.16. The second-order valence-electron chi connectivity index (χ2n) is 3.56. The highest BCUT2D eigenvalue weighted by Crippen LogP contribution is 2.20. The SMILES string of the molecule is CCc1ccc2c(n1)/C(=N\O)CCC2. The zero-order valence-electron chi connectivity index (χ0n) is 8.32. The minimum absolute atomic E-state index is 0.738. The van der Waals surface area contributed by atoms with Crippen molar-refractivity contribution in [2.24, 2.45) is 5.16 Å². The van der Waals surface area contributed by atoms with Crippen molar-refractivity contribution < 1.29 is 5.21 Å². The lowest BCUT2D eigenvalue weighted by atomic mass is 9.94. The highest BCUT2D eigenvalue weighted by atomic mass is 16.4. The van der Waals surface area contributed by atoms with Gasteiger partial charge in [-0.15, -0.1) is 0 Å². The first-order valence-corrected chi connectivity index (χ1v) is 5.05. The summed E-state index contributed by atoms with van der Waals surface area (Å²) < 4.78 is 0. The van der Waals surface area contributed by atoms with Crippen LogP contribution in [0.3, 0.4) is 0 Å². The average Bonchev–Trinajstić information content (AvgIpc) is 2.27. The number of hydrogen-bond acceptors (Lipinski definition) is 3. The maximum Gasteiger partial charge on any atom is 0.105 e. The van der Waals surface area contributed by atoms with Crippen molar-refractivity contribution in [3.63, 3.8) is 0 Å². The Hall–Kier alpha value is -1.38. The Labute approximate surface area is 83.5 Å². The summed E-state index contributed by atoms with van der Waals surface area (Å²) in [5.74, 6) is 0. The van der Waals surface area contributed by atoms with E-state index in [-0.39, 0.29) is 0 Å². The van der Waals surface area contributed by atoms with Crippen LogP contribution in [0.2, 0.25) is 0 Å². The van der Waals surface area contributed by atoms with E-state index in [0.29, 0.717) is 0 Å². The van der Waals surface area contributed by atoms with Crippen LogP contribution in [0.1, 0.15) is 36.7 Å². The van der Waals surface area contributed by atoms with Crippen molar-refractivity contribution in [1.82, 2.24) is 4.98 Å². The van der Waals surface area contributed by atoms with E-state index in [1.807, 2.05) is 0 Å². The zero-order valence-corrected chi connectivity index (χ0v) is 8.32. The molecular weight excluding hydrogens is 176 g/mol. The minimum atomic E-state index is 0.738. The molecule has 1 aromatic rings. The van der Waals surface area contributed by atoms with Crippen LogP contribution in [0.5, 0.6) is 0 Å². The van der Waals surface area contributed by atoms with Gasteiger partial charge >= 0.3 is 0 Å². The zero-order chi connectivity index (χ0) is 9.97. The second kappa shape index (κ2) is 3.78. The van der Waals surface area contributed by atoms with Crippen LogP contribution in [0.4, 0.5) is 0 Å². The standard InChI is InChI=1S/C11H14N2O/c1-2-9-7-6-8-4-3-5-10(13-14)11(8)12-9/h6-7,14H,2-5H2,1H3/b13-10-. The van der Waals surface area contributed by atoms with Gasteiger partial charge in [-0.2, -0.15) is 0 Å². The molecular formula is C11H14N2O. The van der Waals surface area contributed by atoms with Gasteiger partial charge in [-0.25, -0.2) is 0 Å². The van der Waals surface area contributed by atoms with Gasteiger partial charge in [0.25, 0.3) is 0 Å². The lowest BCUT2D eigenvalue weighted by Crippen LogP contribution is -2.15. The largest absolute Gasteiger partial charge is 0.411 e. The fourth-order valence-corrected chi connectivity index (χ4v) is 1.84. The number of rotatable bonds is 1. The third-order valence-electron chi connectivity index (χ3n) is 2.65. The summed E-state index contributed by atoms with van der Waals surface area (Å²) in [7, 11) is 0. The summed E-state index contributed by atoms with van der Waals surface area (Å²) >= 11 is 0. The minimum Gasteiger partial charge on any atom is -0.411 e. The van der Waals surface area contributed by atoms with Crippen molar-refractivity contribution in [2.45, 2.75) is 32.6 Å². The first-order valence-electron chi connectivity index (χ1n) is 5.05. The second-order valence-corrected chi connectivity index (χ2v) is 3.56. The highest BCUT2D eigenvalue weighted by Gasteiger charge is 2.17. The normalized spacial score (nSPS) is 18.2. The molecule has 0 atom stereocenters. The van der Waals surface area contributed by atoms with Crippen molar-refractivity contribution in [2.75, 3.05) is 0 Å². The number of oxime groups is 1. The summed E-state index contributed by atoms with van der Waals surface area (Å²) in [4.78, 5) is 4.49. The summed E-state index contributed by atoms with van der Waals surface area (Å²) in [6.07, 6.45) is 3.86. The van der Waals surface area contributed by atoms with Gasteiger partial charge in [0.15, 0.2) is 0 Å². The third kappa shape index (κ3) is 1.50. The van der Waals surface area contributed by atoms with Crippen LogP contribution in [0.25, 0.3) is 0 Å². The number of pyridine rings is 1. The number of nitrogens with zero attached hydrogens (tertiary/aromatic N) is 2. The number of fused-ring (bicyclic) bond motifs is 1. The van der Waals surface area contributed by atoms with E-state index < -0.39 is 0 Å². The molecule has 0 fully saturated rings. The molecule has 1 aliphatic carbocycles.